The number of piperidine rings is 1. The largest absolute Gasteiger partial charge is 0.381 e. The topological polar surface area (TPSA) is 71.2 Å². The molecule has 0 bridgehead atoms. The summed E-state index contributed by atoms with van der Waals surface area (Å²) in [5.41, 5.74) is 7.43. The molecule has 5 nitrogen and oxygen atoms in total. The standard InChI is InChI=1S/C12H18N4O/c1-9-6-11(8-14-7-9)15-10-2-4-16(5-3-10)12(13)17/h6-8,10,15H,2-5H2,1H3,(H2,13,17). The smallest absolute Gasteiger partial charge is 0.314 e. The Morgan fingerprint density at radius 1 is 1.47 bits per heavy atom. The maximum atomic E-state index is 11.0. The van der Waals surface area contributed by atoms with E-state index in [0.717, 1.165) is 37.2 Å². The first-order chi connectivity index (χ1) is 8.15. The van der Waals surface area contributed by atoms with Crippen LogP contribution in [0.4, 0.5) is 10.5 Å². The molecule has 1 saturated heterocycles. The van der Waals surface area contributed by atoms with Gasteiger partial charge in [0, 0.05) is 31.5 Å². The van der Waals surface area contributed by atoms with Crippen LogP contribution < -0.4 is 11.1 Å². The van der Waals surface area contributed by atoms with Crippen molar-refractivity contribution < 1.29 is 4.79 Å². The lowest BCUT2D eigenvalue weighted by atomic mass is 10.1. The Labute approximate surface area is 101 Å². The molecular formula is C12H18N4O. The molecule has 0 saturated carbocycles. The van der Waals surface area contributed by atoms with Crippen LogP contribution in [0.3, 0.4) is 0 Å². The van der Waals surface area contributed by atoms with Crippen LogP contribution in [-0.2, 0) is 0 Å². The van der Waals surface area contributed by atoms with Gasteiger partial charge in [-0.25, -0.2) is 4.79 Å². The summed E-state index contributed by atoms with van der Waals surface area (Å²) in [5, 5.41) is 3.44. The van der Waals surface area contributed by atoms with Gasteiger partial charge in [-0.05, 0) is 31.4 Å². The Bertz CT molecular complexity index is 399. The number of amides is 2. The second kappa shape index (κ2) is 5.03. The monoisotopic (exact) mass is 234 g/mol. The van der Waals surface area contributed by atoms with Crippen molar-refractivity contribution in [3.8, 4) is 0 Å². The van der Waals surface area contributed by atoms with Gasteiger partial charge < -0.3 is 16.0 Å². The predicted molar refractivity (Wildman–Crippen MR) is 66.8 cm³/mol. The Morgan fingerprint density at radius 3 is 2.76 bits per heavy atom. The van der Waals surface area contributed by atoms with Crippen molar-refractivity contribution in [3.63, 3.8) is 0 Å². The summed E-state index contributed by atoms with van der Waals surface area (Å²) in [5.74, 6) is 0. The van der Waals surface area contributed by atoms with E-state index in [9.17, 15) is 4.79 Å². The van der Waals surface area contributed by atoms with E-state index in [-0.39, 0.29) is 6.03 Å². The molecule has 1 aromatic rings. The lowest BCUT2D eigenvalue weighted by Crippen LogP contribution is -2.44. The van der Waals surface area contributed by atoms with Crippen LogP contribution in [0.25, 0.3) is 0 Å². The van der Waals surface area contributed by atoms with Gasteiger partial charge in [-0.15, -0.1) is 0 Å². The van der Waals surface area contributed by atoms with Crippen molar-refractivity contribution in [1.82, 2.24) is 9.88 Å². The molecule has 0 spiro atoms. The third-order valence-electron chi connectivity index (χ3n) is 3.05. The first kappa shape index (κ1) is 11.7. The lowest BCUT2D eigenvalue weighted by molar-refractivity contribution is 0.193. The molecule has 92 valence electrons. The summed E-state index contributed by atoms with van der Waals surface area (Å²) in [7, 11) is 0. The average molecular weight is 234 g/mol. The van der Waals surface area contributed by atoms with Crippen LogP contribution in [0.15, 0.2) is 18.5 Å². The molecular weight excluding hydrogens is 216 g/mol. The number of hydrogen-bond acceptors (Lipinski definition) is 3. The number of pyridine rings is 1. The maximum absolute atomic E-state index is 11.0. The quantitative estimate of drug-likeness (QED) is 0.811. The number of aryl methyl sites for hydroxylation is 1. The summed E-state index contributed by atoms with van der Waals surface area (Å²) in [6.45, 7) is 3.48. The second-order valence-corrected chi connectivity index (χ2v) is 4.49. The number of hydrogen-bond donors (Lipinski definition) is 2. The van der Waals surface area contributed by atoms with Gasteiger partial charge in [-0.3, -0.25) is 4.98 Å². The molecule has 1 aromatic heterocycles. The molecule has 0 unspecified atom stereocenters. The van der Waals surface area contributed by atoms with Crippen molar-refractivity contribution in [1.29, 1.82) is 0 Å². The van der Waals surface area contributed by atoms with Gasteiger partial charge in [0.05, 0.1) is 5.69 Å². The third kappa shape index (κ3) is 3.09. The SMILES string of the molecule is Cc1cncc(NC2CCN(C(N)=O)CC2)c1. The highest BCUT2D eigenvalue weighted by molar-refractivity contribution is 5.72. The molecule has 0 aromatic carbocycles. The molecule has 0 aliphatic carbocycles. The van der Waals surface area contributed by atoms with E-state index in [1.54, 1.807) is 4.90 Å². The normalized spacial score (nSPS) is 16.9. The number of likely N-dealkylation sites (tertiary alicyclic amines) is 1. The van der Waals surface area contributed by atoms with E-state index in [1.807, 2.05) is 19.3 Å². The highest BCUT2D eigenvalue weighted by Crippen LogP contribution is 2.16. The van der Waals surface area contributed by atoms with E-state index >= 15 is 0 Å². The summed E-state index contributed by atoms with van der Waals surface area (Å²) >= 11 is 0. The number of aromatic nitrogens is 1. The van der Waals surface area contributed by atoms with E-state index in [2.05, 4.69) is 16.4 Å². The second-order valence-electron chi connectivity index (χ2n) is 4.49. The van der Waals surface area contributed by atoms with E-state index in [1.165, 1.54) is 0 Å². The predicted octanol–water partition coefficient (Wildman–Crippen LogP) is 1.35. The summed E-state index contributed by atoms with van der Waals surface area (Å²) in [6.07, 6.45) is 5.52. The summed E-state index contributed by atoms with van der Waals surface area (Å²) in [4.78, 5) is 16.8. The van der Waals surface area contributed by atoms with Crippen molar-refractivity contribution in [3.05, 3.63) is 24.0 Å². The molecule has 2 amide bonds. The number of rotatable bonds is 2. The van der Waals surface area contributed by atoms with Gasteiger partial charge in [0.15, 0.2) is 0 Å². The molecule has 3 N–H and O–H groups in total. The van der Waals surface area contributed by atoms with Crippen molar-refractivity contribution in [2.24, 2.45) is 5.73 Å². The van der Waals surface area contributed by atoms with Crippen LogP contribution in [0.2, 0.25) is 0 Å². The minimum Gasteiger partial charge on any atom is -0.381 e. The van der Waals surface area contributed by atoms with Crippen LogP contribution in [0.5, 0.6) is 0 Å². The fourth-order valence-electron chi connectivity index (χ4n) is 2.11. The van der Waals surface area contributed by atoms with Crippen molar-refractivity contribution in [2.75, 3.05) is 18.4 Å². The fourth-order valence-corrected chi connectivity index (χ4v) is 2.11. The maximum Gasteiger partial charge on any atom is 0.314 e. The van der Waals surface area contributed by atoms with Crippen molar-refractivity contribution >= 4 is 11.7 Å². The molecule has 1 aliphatic rings. The van der Waals surface area contributed by atoms with Crippen molar-refractivity contribution in [2.45, 2.75) is 25.8 Å². The summed E-state index contributed by atoms with van der Waals surface area (Å²) < 4.78 is 0. The van der Waals surface area contributed by atoms with Crippen LogP contribution in [-0.4, -0.2) is 35.0 Å². The van der Waals surface area contributed by atoms with Gasteiger partial charge in [0.2, 0.25) is 0 Å². The van der Waals surface area contributed by atoms with Crippen LogP contribution >= 0.6 is 0 Å². The number of urea groups is 1. The zero-order valence-corrected chi connectivity index (χ0v) is 10.0. The molecule has 2 rings (SSSR count). The third-order valence-corrected chi connectivity index (χ3v) is 3.05. The zero-order chi connectivity index (χ0) is 12.3. The number of nitrogens with one attached hydrogen (secondary N) is 1. The van der Waals surface area contributed by atoms with Crippen LogP contribution in [0.1, 0.15) is 18.4 Å². The molecule has 0 atom stereocenters. The highest BCUT2D eigenvalue weighted by atomic mass is 16.2. The van der Waals surface area contributed by atoms with Gasteiger partial charge in [-0.2, -0.15) is 0 Å². The Kier molecular flexibility index (Phi) is 3.46. The number of nitrogens with two attached hydrogens (primary N) is 1. The number of carbonyl (C=O) groups is 1. The Morgan fingerprint density at radius 2 is 2.18 bits per heavy atom. The Balaban J connectivity index is 1.88. The molecule has 2 heterocycles. The number of carbonyl (C=O) groups excluding carboxylic acids is 1. The average Bonchev–Trinajstić information content (AvgIpc) is 2.29. The molecule has 17 heavy (non-hydrogen) atoms. The first-order valence-corrected chi connectivity index (χ1v) is 5.88. The van der Waals surface area contributed by atoms with Gasteiger partial charge in [0.25, 0.3) is 0 Å². The fraction of sp³-hybridized carbons (Fsp3) is 0.500. The number of primary amides is 1. The van der Waals surface area contributed by atoms with Gasteiger partial charge >= 0.3 is 6.03 Å². The van der Waals surface area contributed by atoms with E-state index in [0.29, 0.717) is 6.04 Å². The number of nitrogens with zero attached hydrogens (tertiary/aromatic N) is 2. The minimum atomic E-state index is -0.319. The molecule has 5 heteroatoms. The van der Waals surface area contributed by atoms with E-state index < -0.39 is 0 Å². The number of anilines is 1. The first-order valence-electron chi connectivity index (χ1n) is 5.88. The molecule has 0 radical (unpaired) electrons. The van der Waals surface area contributed by atoms with Crippen LogP contribution in [0, 0.1) is 6.92 Å². The van der Waals surface area contributed by atoms with Gasteiger partial charge in [-0.1, -0.05) is 0 Å². The Hall–Kier alpha value is -1.78. The molecule has 1 aliphatic heterocycles. The van der Waals surface area contributed by atoms with E-state index in [4.69, 9.17) is 5.73 Å². The zero-order valence-electron chi connectivity index (χ0n) is 10.0. The highest BCUT2D eigenvalue weighted by Gasteiger charge is 2.20. The summed E-state index contributed by atoms with van der Waals surface area (Å²) in [6, 6.07) is 2.16. The lowest BCUT2D eigenvalue weighted by Gasteiger charge is -2.31. The molecule has 1 fully saturated rings. The minimum absolute atomic E-state index is 0.319. The van der Waals surface area contributed by atoms with Gasteiger partial charge in [0.1, 0.15) is 0 Å².